The van der Waals surface area contributed by atoms with Crippen LogP contribution in [0, 0.1) is 0 Å². The maximum atomic E-state index is 12.5. The highest BCUT2D eigenvalue weighted by Crippen LogP contribution is 2.43. The number of halogens is 1. The fourth-order valence-corrected chi connectivity index (χ4v) is 3.83. The van der Waals surface area contributed by atoms with E-state index in [1.165, 1.54) is 29.7 Å². The number of nitrogens with zero attached hydrogens (tertiary/aromatic N) is 1. The van der Waals surface area contributed by atoms with Gasteiger partial charge in [-0.1, -0.05) is 22.0 Å². The first-order chi connectivity index (χ1) is 12.2. The molecule has 2 aromatic heterocycles. The lowest BCUT2D eigenvalue weighted by Crippen LogP contribution is -2.12. The maximum absolute atomic E-state index is 12.5. The van der Waals surface area contributed by atoms with Crippen LogP contribution in [-0.4, -0.2) is 10.9 Å². The van der Waals surface area contributed by atoms with Gasteiger partial charge in [0.2, 0.25) is 5.88 Å². The van der Waals surface area contributed by atoms with Gasteiger partial charge in [-0.25, -0.2) is 4.98 Å². The second-order valence-corrected chi connectivity index (χ2v) is 7.71. The molecule has 0 unspecified atom stereocenters. The molecule has 6 heteroatoms. The molecule has 1 fully saturated rings. The highest BCUT2D eigenvalue weighted by molar-refractivity contribution is 9.10. The number of ether oxygens (including phenoxy) is 1. The summed E-state index contributed by atoms with van der Waals surface area (Å²) in [5.74, 6) is 1.67. The number of benzene rings is 1. The molecule has 0 saturated heterocycles. The van der Waals surface area contributed by atoms with Gasteiger partial charge in [-0.05, 0) is 60.0 Å². The average molecular weight is 415 g/mol. The fraction of sp³-hybridized carbons (Fsp3) is 0.158. The molecule has 4 nitrogen and oxygen atoms in total. The lowest BCUT2D eigenvalue weighted by Gasteiger charge is -2.08. The van der Waals surface area contributed by atoms with Gasteiger partial charge < -0.3 is 10.1 Å². The van der Waals surface area contributed by atoms with Gasteiger partial charge in [0, 0.05) is 10.5 Å². The van der Waals surface area contributed by atoms with Crippen molar-refractivity contribution in [1.82, 2.24) is 4.98 Å². The van der Waals surface area contributed by atoms with Crippen LogP contribution in [-0.2, 0) is 0 Å². The van der Waals surface area contributed by atoms with Gasteiger partial charge in [0.25, 0.3) is 5.91 Å². The molecule has 1 aliphatic carbocycles. The summed E-state index contributed by atoms with van der Waals surface area (Å²) in [6, 6.07) is 13.2. The van der Waals surface area contributed by atoms with Gasteiger partial charge in [-0.15, -0.1) is 11.3 Å². The molecule has 0 aliphatic heterocycles. The maximum Gasteiger partial charge on any atom is 0.266 e. The van der Waals surface area contributed by atoms with E-state index < -0.39 is 0 Å². The molecule has 0 radical (unpaired) electrons. The molecule has 2 heterocycles. The van der Waals surface area contributed by atoms with Gasteiger partial charge in [0.1, 0.15) is 5.75 Å². The molecule has 4 rings (SSSR count). The predicted octanol–water partition coefficient (Wildman–Crippen LogP) is 5.83. The van der Waals surface area contributed by atoms with Crippen LogP contribution < -0.4 is 10.1 Å². The molecule has 0 spiro atoms. The smallest absolute Gasteiger partial charge is 0.266 e. The van der Waals surface area contributed by atoms with E-state index >= 15 is 0 Å². The van der Waals surface area contributed by atoms with Crippen molar-refractivity contribution in [2.24, 2.45) is 0 Å². The molecule has 126 valence electrons. The number of pyridine rings is 1. The third-order valence-electron chi connectivity index (χ3n) is 3.93. The van der Waals surface area contributed by atoms with Crippen LogP contribution in [0.4, 0.5) is 5.69 Å². The first-order valence-electron chi connectivity index (χ1n) is 7.97. The van der Waals surface area contributed by atoms with Gasteiger partial charge in [0.05, 0.1) is 16.8 Å². The van der Waals surface area contributed by atoms with Gasteiger partial charge in [-0.3, -0.25) is 4.79 Å². The number of hydrogen-bond donors (Lipinski definition) is 1. The Bertz CT molecular complexity index is 904. The summed E-state index contributed by atoms with van der Waals surface area (Å²) in [4.78, 5) is 17.5. The lowest BCUT2D eigenvalue weighted by molar-refractivity contribution is 0.102. The topological polar surface area (TPSA) is 51.2 Å². The Hall–Kier alpha value is -2.18. The minimum absolute atomic E-state index is 0.0700. The van der Waals surface area contributed by atoms with E-state index in [0.29, 0.717) is 23.2 Å². The monoisotopic (exact) mass is 414 g/mol. The van der Waals surface area contributed by atoms with Crippen LogP contribution in [0.5, 0.6) is 11.6 Å². The first-order valence-corrected chi connectivity index (χ1v) is 9.64. The summed E-state index contributed by atoms with van der Waals surface area (Å²) in [5, 5.41) is 4.90. The van der Waals surface area contributed by atoms with Crippen LogP contribution in [0.3, 0.4) is 0 Å². The van der Waals surface area contributed by atoms with E-state index in [1.54, 1.807) is 18.3 Å². The zero-order chi connectivity index (χ0) is 17.2. The number of carbonyl (C=O) groups is 1. The second-order valence-electron chi connectivity index (χ2n) is 5.88. The fourth-order valence-electron chi connectivity index (χ4n) is 2.57. The summed E-state index contributed by atoms with van der Waals surface area (Å²) < 4.78 is 6.64. The molecule has 1 aromatic carbocycles. The molecule has 0 atom stereocenters. The number of rotatable bonds is 5. The Morgan fingerprint density at radius 2 is 2.12 bits per heavy atom. The summed E-state index contributed by atoms with van der Waals surface area (Å²) in [7, 11) is 0. The van der Waals surface area contributed by atoms with Crippen LogP contribution in [0.25, 0.3) is 0 Å². The molecule has 1 amide bonds. The molecule has 3 aromatic rings. The summed E-state index contributed by atoms with van der Waals surface area (Å²) >= 11 is 4.90. The van der Waals surface area contributed by atoms with Crippen LogP contribution >= 0.6 is 27.3 Å². The number of aromatic nitrogens is 1. The minimum Gasteiger partial charge on any atom is -0.439 e. The number of nitrogens with one attached hydrogen (secondary N) is 1. The van der Waals surface area contributed by atoms with Gasteiger partial charge in [0.15, 0.2) is 0 Å². The molecule has 0 bridgehead atoms. The standard InChI is InChI=1S/C19H15BrN2O2S/c20-13-2-1-3-15(10-13)24-17-7-6-14(11-21-17)22-19(23)18-16(8-9-25-18)12-4-5-12/h1-3,6-12H,4-5H2,(H,22,23). The zero-order valence-electron chi connectivity index (χ0n) is 13.2. The Labute approximate surface area is 158 Å². The highest BCUT2D eigenvalue weighted by atomic mass is 79.9. The van der Waals surface area contributed by atoms with Crippen molar-refractivity contribution in [3.63, 3.8) is 0 Å². The molecule has 1 aliphatic rings. The van der Waals surface area contributed by atoms with Gasteiger partial charge in [-0.2, -0.15) is 0 Å². The van der Waals surface area contributed by atoms with Crippen LogP contribution in [0.15, 0.2) is 58.5 Å². The number of anilines is 1. The molecule has 25 heavy (non-hydrogen) atoms. The van der Waals surface area contributed by atoms with Crippen molar-refractivity contribution < 1.29 is 9.53 Å². The lowest BCUT2D eigenvalue weighted by atomic mass is 10.1. The molecular formula is C19H15BrN2O2S. The number of carbonyl (C=O) groups excluding carboxylic acids is 1. The van der Waals surface area contributed by atoms with E-state index in [4.69, 9.17) is 4.74 Å². The normalized spacial score (nSPS) is 13.5. The van der Waals surface area contributed by atoms with E-state index in [9.17, 15) is 4.79 Å². The van der Waals surface area contributed by atoms with E-state index in [2.05, 4.69) is 32.3 Å². The highest BCUT2D eigenvalue weighted by Gasteiger charge is 2.28. The summed E-state index contributed by atoms with van der Waals surface area (Å²) in [5.41, 5.74) is 1.83. The van der Waals surface area contributed by atoms with Crippen molar-refractivity contribution in [2.75, 3.05) is 5.32 Å². The van der Waals surface area contributed by atoms with Gasteiger partial charge >= 0.3 is 0 Å². The molecular weight excluding hydrogens is 400 g/mol. The third-order valence-corrected chi connectivity index (χ3v) is 5.35. The van der Waals surface area contributed by atoms with Crippen molar-refractivity contribution in [2.45, 2.75) is 18.8 Å². The Morgan fingerprint density at radius 3 is 2.84 bits per heavy atom. The molecule has 1 N–H and O–H groups in total. The third kappa shape index (κ3) is 3.91. The Morgan fingerprint density at radius 1 is 1.24 bits per heavy atom. The van der Waals surface area contributed by atoms with E-state index in [-0.39, 0.29) is 5.91 Å². The number of thiophene rings is 1. The van der Waals surface area contributed by atoms with Crippen molar-refractivity contribution >= 4 is 38.9 Å². The van der Waals surface area contributed by atoms with E-state index in [0.717, 1.165) is 9.35 Å². The first kappa shape index (κ1) is 16.3. The van der Waals surface area contributed by atoms with E-state index in [1.807, 2.05) is 29.6 Å². The predicted molar refractivity (Wildman–Crippen MR) is 103 cm³/mol. The Kier molecular flexibility index (Phi) is 4.55. The molecule has 1 saturated carbocycles. The second kappa shape index (κ2) is 6.98. The Balaban J connectivity index is 1.43. The summed E-state index contributed by atoms with van der Waals surface area (Å²) in [6.07, 6.45) is 3.97. The SMILES string of the molecule is O=C(Nc1ccc(Oc2cccc(Br)c2)nc1)c1sccc1C1CC1. The largest absolute Gasteiger partial charge is 0.439 e. The van der Waals surface area contributed by atoms with Crippen molar-refractivity contribution in [3.8, 4) is 11.6 Å². The number of hydrogen-bond acceptors (Lipinski definition) is 4. The van der Waals surface area contributed by atoms with Crippen molar-refractivity contribution in [1.29, 1.82) is 0 Å². The quantitative estimate of drug-likeness (QED) is 0.571. The summed E-state index contributed by atoms with van der Waals surface area (Å²) in [6.45, 7) is 0. The average Bonchev–Trinajstić information content (AvgIpc) is 3.33. The minimum atomic E-state index is -0.0700. The van der Waals surface area contributed by atoms with Crippen LogP contribution in [0.1, 0.15) is 34.0 Å². The van der Waals surface area contributed by atoms with Crippen molar-refractivity contribution in [3.05, 3.63) is 69.0 Å². The van der Waals surface area contributed by atoms with Crippen LogP contribution in [0.2, 0.25) is 0 Å². The number of amides is 1. The zero-order valence-corrected chi connectivity index (χ0v) is 15.6.